The van der Waals surface area contributed by atoms with Gasteiger partial charge >= 0.3 is 5.97 Å². The molecule has 2 atom stereocenters. The number of likely N-dealkylation sites (N-methyl/N-ethyl adjacent to an activating group) is 1. The Balaban J connectivity index is 3.69. The van der Waals surface area contributed by atoms with Gasteiger partial charge in [0.25, 0.3) is 6.47 Å². The van der Waals surface area contributed by atoms with E-state index in [4.69, 9.17) is 18.9 Å². The lowest BCUT2D eigenvalue weighted by molar-refractivity contribution is -0.161. The summed E-state index contributed by atoms with van der Waals surface area (Å²) >= 11 is 0. The molecule has 0 rings (SSSR count). The number of hydrogen-bond acceptors (Lipinski definition) is 7. The molecule has 7 heteroatoms. The Morgan fingerprint density at radius 1 is 1.08 bits per heavy atom. The molecule has 0 aliphatic carbocycles. The molecular weight excluding hydrogens is 326 g/mol. The van der Waals surface area contributed by atoms with Crippen molar-refractivity contribution < 1.29 is 28.5 Å². The summed E-state index contributed by atoms with van der Waals surface area (Å²) in [6.07, 6.45) is 0.256. The quantitative estimate of drug-likeness (QED) is 0.250. The third-order valence-corrected chi connectivity index (χ3v) is 3.97. The maximum atomic E-state index is 12.0. The van der Waals surface area contributed by atoms with Gasteiger partial charge in [-0.05, 0) is 41.2 Å². The lowest BCUT2D eigenvalue weighted by Gasteiger charge is -2.23. The molecule has 0 saturated heterocycles. The van der Waals surface area contributed by atoms with Crippen molar-refractivity contribution in [2.75, 3.05) is 46.6 Å². The van der Waals surface area contributed by atoms with Gasteiger partial charge in [0.2, 0.25) is 0 Å². The molecule has 7 nitrogen and oxygen atoms in total. The van der Waals surface area contributed by atoms with E-state index in [2.05, 4.69) is 4.90 Å². The maximum Gasteiger partial charge on any atom is 0.311 e. The second kappa shape index (κ2) is 13.1. The molecule has 0 aromatic rings. The van der Waals surface area contributed by atoms with Crippen LogP contribution in [0, 0.1) is 5.41 Å². The molecule has 0 spiro atoms. The molecule has 0 fully saturated rings. The van der Waals surface area contributed by atoms with E-state index in [-0.39, 0.29) is 18.2 Å². The van der Waals surface area contributed by atoms with Crippen LogP contribution in [-0.4, -0.2) is 76.1 Å². The second-order valence-electron chi connectivity index (χ2n) is 6.95. The SMILES string of the molecule is CCC(C)(C)C(=O)OC(C)COCCN(C)CCOCC(C)OC=O. The van der Waals surface area contributed by atoms with E-state index in [9.17, 15) is 9.59 Å². The highest BCUT2D eigenvalue weighted by atomic mass is 16.6. The van der Waals surface area contributed by atoms with Crippen molar-refractivity contribution in [2.24, 2.45) is 5.41 Å². The number of esters is 1. The van der Waals surface area contributed by atoms with Crippen LogP contribution in [0.1, 0.15) is 41.0 Å². The van der Waals surface area contributed by atoms with Gasteiger partial charge in [0.15, 0.2) is 0 Å². The molecule has 2 unspecified atom stereocenters. The van der Waals surface area contributed by atoms with E-state index in [1.165, 1.54) is 0 Å². The van der Waals surface area contributed by atoms with Crippen LogP contribution in [0.4, 0.5) is 0 Å². The van der Waals surface area contributed by atoms with Crippen molar-refractivity contribution in [3.05, 3.63) is 0 Å². The molecule has 25 heavy (non-hydrogen) atoms. The summed E-state index contributed by atoms with van der Waals surface area (Å²) < 4.78 is 21.1. The minimum absolute atomic E-state index is 0.187. The van der Waals surface area contributed by atoms with Gasteiger partial charge < -0.3 is 23.8 Å². The van der Waals surface area contributed by atoms with Crippen LogP contribution in [0.3, 0.4) is 0 Å². The van der Waals surface area contributed by atoms with Gasteiger partial charge in [-0.3, -0.25) is 9.59 Å². The fraction of sp³-hybridized carbons (Fsp3) is 0.889. The standard InChI is InChI=1S/C18H35NO6/c1-7-18(4,5)17(21)25-16(3)13-23-11-9-19(6)8-10-22-12-15(2)24-14-20/h14-16H,7-13H2,1-6H3. The summed E-state index contributed by atoms with van der Waals surface area (Å²) in [4.78, 5) is 24.2. The fourth-order valence-electron chi connectivity index (χ4n) is 1.71. The van der Waals surface area contributed by atoms with E-state index in [1.54, 1.807) is 6.92 Å². The minimum atomic E-state index is -0.456. The highest BCUT2D eigenvalue weighted by Gasteiger charge is 2.28. The fourth-order valence-corrected chi connectivity index (χ4v) is 1.71. The van der Waals surface area contributed by atoms with Crippen molar-refractivity contribution in [2.45, 2.75) is 53.2 Å². The first-order valence-corrected chi connectivity index (χ1v) is 8.87. The summed E-state index contributed by atoms with van der Waals surface area (Å²) in [6, 6.07) is 0. The summed E-state index contributed by atoms with van der Waals surface area (Å²) in [5.74, 6) is -0.187. The van der Waals surface area contributed by atoms with Crippen molar-refractivity contribution in [3.8, 4) is 0 Å². The van der Waals surface area contributed by atoms with Crippen LogP contribution in [0.2, 0.25) is 0 Å². The zero-order valence-electron chi connectivity index (χ0n) is 16.6. The number of carbonyl (C=O) groups is 2. The number of hydrogen-bond donors (Lipinski definition) is 0. The Morgan fingerprint density at radius 3 is 2.08 bits per heavy atom. The molecule has 0 amide bonds. The molecule has 0 saturated carbocycles. The molecule has 0 bridgehead atoms. The minimum Gasteiger partial charge on any atom is -0.462 e. The third kappa shape index (κ3) is 11.9. The monoisotopic (exact) mass is 361 g/mol. The van der Waals surface area contributed by atoms with Crippen LogP contribution < -0.4 is 0 Å². The first kappa shape index (κ1) is 23.8. The van der Waals surface area contributed by atoms with Gasteiger partial charge in [-0.25, -0.2) is 0 Å². The first-order chi connectivity index (χ1) is 11.7. The van der Waals surface area contributed by atoms with E-state index in [0.29, 0.717) is 32.9 Å². The molecule has 0 N–H and O–H groups in total. The normalized spacial score (nSPS) is 14.2. The van der Waals surface area contributed by atoms with Crippen molar-refractivity contribution >= 4 is 12.4 Å². The molecule has 0 aliphatic heterocycles. The molecule has 0 heterocycles. The third-order valence-electron chi connectivity index (χ3n) is 3.97. The van der Waals surface area contributed by atoms with Gasteiger partial charge in [-0.15, -0.1) is 0 Å². The van der Waals surface area contributed by atoms with Gasteiger partial charge in [-0.1, -0.05) is 6.92 Å². The molecular formula is C18H35NO6. The molecule has 0 aromatic heterocycles. The van der Waals surface area contributed by atoms with E-state index in [0.717, 1.165) is 19.5 Å². The topological polar surface area (TPSA) is 74.3 Å². The van der Waals surface area contributed by atoms with Crippen molar-refractivity contribution in [3.63, 3.8) is 0 Å². The average Bonchev–Trinajstić information content (AvgIpc) is 2.55. The number of nitrogens with zero attached hydrogens (tertiary/aromatic N) is 1. The largest absolute Gasteiger partial charge is 0.462 e. The summed E-state index contributed by atoms with van der Waals surface area (Å²) in [5.41, 5.74) is -0.456. The lowest BCUT2D eigenvalue weighted by atomic mass is 9.91. The van der Waals surface area contributed by atoms with E-state index >= 15 is 0 Å². The Labute approximate surface area is 151 Å². The second-order valence-corrected chi connectivity index (χ2v) is 6.95. The Kier molecular flexibility index (Phi) is 12.5. The van der Waals surface area contributed by atoms with Crippen LogP contribution in [-0.2, 0) is 28.5 Å². The predicted molar refractivity (Wildman–Crippen MR) is 95.4 cm³/mol. The Bertz CT molecular complexity index is 375. The van der Waals surface area contributed by atoms with Crippen molar-refractivity contribution in [1.82, 2.24) is 4.90 Å². The summed E-state index contributed by atoms with van der Waals surface area (Å²) in [6.45, 7) is 13.2. The van der Waals surface area contributed by atoms with Gasteiger partial charge in [-0.2, -0.15) is 0 Å². The van der Waals surface area contributed by atoms with Crippen LogP contribution in [0.5, 0.6) is 0 Å². The summed E-state index contributed by atoms with van der Waals surface area (Å²) in [7, 11) is 1.98. The van der Waals surface area contributed by atoms with E-state index in [1.807, 2.05) is 34.7 Å². The highest BCUT2D eigenvalue weighted by molar-refractivity contribution is 5.75. The molecule has 0 radical (unpaired) electrons. The first-order valence-electron chi connectivity index (χ1n) is 8.87. The molecule has 0 aromatic carbocycles. The lowest BCUT2D eigenvalue weighted by Crippen LogP contribution is -2.32. The Hall–Kier alpha value is -1.18. The van der Waals surface area contributed by atoms with E-state index < -0.39 is 5.41 Å². The number of carbonyl (C=O) groups excluding carboxylic acids is 2. The smallest absolute Gasteiger partial charge is 0.311 e. The van der Waals surface area contributed by atoms with Crippen molar-refractivity contribution in [1.29, 1.82) is 0 Å². The van der Waals surface area contributed by atoms with Crippen LogP contribution in [0.25, 0.3) is 0 Å². The predicted octanol–water partition coefficient (Wildman–Crippen LogP) is 1.88. The van der Waals surface area contributed by atoms with Crippen LogP contribution in [0.15, 0.2) is 0 Å². The number of rotatable bonds is 15. The molecule has 0 aliphatic rings. The van der Waals surface area contributed by atoms with Gasteiger partial charge in [0, 0.05) is 13.1 Å². The zero-order chi connectivity index (χ0) is 19.3. The number of ether oxygens (including phenoxy) is 4. The maximum absolute atomic E-state index is 12.0. The van der Waals surface area contributed by atoms with Gasteiger partial charge in [0.05, 0.1) is 31.8 Å². The highest BCUT2D eigenvalue weighted by Crippen LogP contribution is 2.22. The zero-order valence-corrected chi connectivity index (χ0v) is 16.6. The van der Waals surface area contributed by atoms with Crippen LogP contribution >= 0.6 is 0 Å². The average molecular weight is 361 g/mol. The summed E-state index contributed by atoms with van der Waals surface area (Å²) in [5, 5.41) is 0. The Morgan fingerprint density at radius 2 is 1.60 bits per heavy atom. The van der Waals surface area contributed by atoms with Gasteiger partial charge in [0.1, 0.15) is 12.2 Å². The molecule has 148 valence electrons.